The minimum Gasteiger partial charge on any atom is -0.502 e. The van der Waals surface area contributed by atoms with Crippen LogP contribution in [-0.4, -0.2) is 36.8 Å². The number of allylic oxidation sites excluding steroid dienone is 2. The summed E-state index contributed by atoms with van der Waals surface area (Å²) in [7, 11) is 2.94. The first kappa shape index (κ1) is 23.0. The molecule has 0 saturated heterocycles. The van der Waals surface area contributed by atoms with E-state index in [1.807, 2.05) is 19.1 Å². The normalized spacial score (nSPS) is 13.7. The van der Waals surface area contributed by atoms with Crippen LogP contribution in [0.5, 0.6) is 17.2 Å². The first-order chi connectivity index (χ1) is 16.4. The van der Waals surface area contributed by atoms with E-state index in [-0.39, 0.29) is 41.9 Å². The molecule has 0 bridgehead atoms. The molecule has 3 aromatic rings. The number of methoxy groups -OCH3 is 2. The highest BCUT2D eigenvalue weighted by Gasteiger charge is 2.25. The zero-order valence-electron chi connectivity index (χ0n) is 19.2. The summed E-state index contributed by atoms with van der Waals surface area (Å²) in [6.07, 6.45) is 3.74. The van der Waals surface area contributed by atoms with Gasteiger partial charge in [-0.2, -0.15) is 0 Å². The van der Waals surface area contributed by atoms with E-state index >= 15 is 0 Å². The van der Waals surface area contributed by atoms with Crippen molar-refractivity contribution >= 4 is 23.1 Å². The van der Waals surface area contributed by atoms with Gasteiger partial charge in [0, 0.05) is 18.4 Å². The van der Waals surface area contributed by atoms with Gasteiger partial charge in [-0.15, -0.1) is 0 Å². The molecule has 2 aromatic carbocycles. The molecular formula is C27H25FN2O4. The lowest BCUT2D eigenvalue weighted by molar-refractivity contribution is -0.120. The summed E-state index contributed by atoms with van der Waals surface area (Å²) in [4.78, 5) is 16.7. The molecule has 1 amide bonds. The predicted octanol–water partition coefficient (Wildman–Crippen LogP) is 4.63. The first-order valence-corrected chi connectivity index (χ1v) is 10.7. The summed E-state index contributed by atoms with van der Waals surface area (Å²) < 4.78 is 24.7. The topological polar surface area (TPSA) is 80.7 Å². The quantitative estimate of drug-likeness (QED) is 0.537. The zero-order valence-corrected chi connectivity index (χ0v) is 19.2. The van der Waals surface area contributed by atoms with Crippen LogP contribution in [0.3, 0.4) is 0 Å². The van der Waals surface area contributed by atoms with Crippen molar-refractivity contribution in [3.63, 3.8) is 0 Å². The third kappa shape index (κ3) is 4.64. The van der Waals surface area contributed by atoms with E-state index in [1.54, 1.807) is 36.5 Å². The molecule has 1 heterocycles. The number of ether oxygens (including phenoxy) is 2. The van der Waals surface area contributed by atoms with Gasteiger partial charge in [-0.3, -0.25) is 9.78 Å². The van der Waals surface area contributed by atoms with E-state index < -0.39 is 0 Å². The fourth-order valence-corrected chi connectivity index (χ4v) is 4.06. The fraction of sp³-hybridized carbons (Fsp3) is 0.185. The Labute approximate surface area is 197 Å². The SMILES string of the molecule is COc1cc(/C=C2/C(C)=C(CNC(=O)Cc3ccccn3)c3cc(F)ccc32)cc(OC)c1O. The maximum absolute atomic E-state index is 14.1. The number of fused-ring (bicyclic) bond motifs is 1. The number of phenolic OH excluding ortho intramolecular Hbond substituents is 1. The number of pyridine rings is 1. The molecule has 0 unspecified atom stereocenters. The van der Waals surface area contributed by atoms with Crippen LogP contribution in [0, 0.1) is 5.82 Å². The van der Waals surface area contributed by atoms with Crippen LogP contribution in [0.1, 0.15) is 29.3 Å². The van der Waals surface area contributed by atoms with Crippen LogP contribution in [0.15, 0.2) is 60.3 Å². The number of aromatic hydroxyl groups is 1. The Morgan fingerprint density at radius 3 is 2.47 bits per heavy atom. The van der Waals surface area contributed by atoms with Gasteiger partial charge < -0.3 is 19.9 Å². The number of nitrogens with zero attached hydrogens (tertiary/aromatic N) is 1. The number of hydrogen-bond donors (Lipinski definition) is 2. The average molecular weight is 461 g/mol. The van der Waals surface area contributed by atoms with Crippen molar-refractivity contribution in [3.8, 4) is 17.2 Å². The van der Waals surface area contributed by atoms with E-state index in [1.165, 1.54) is 26.4 Å². The van der Waals surface area contributed by atoms with Gasteiger partial charge >= 0.3 is 0 Å². The zero-order chi connectivity index (χ0) is 24.2. The molecule has 0 fully saturated rings. The molecule has 1 aromatic heterocycles. The summed E-state index contributed by atoms with van der Waals surface area (Å²) in [5.74, 6) is -0.0237. The Balaban J connectivity index is 1.67. The number of halogens is 1. The fourth-order valence-electron chi connectivity index (χ4n) is 4.06. The molecule has 0 radical (unpaired) electrons. The molecule has 6 nitrogen and oxygen atoms in total. The van der Waals surface area contributed by atoms with Gasteiger partial charge in [0.1, 0.15) is 5.82 Å². The molecule has 4 rings (SSSR count). The van der Waals surface area contributed by atoms with Crippen LogP contribution in [0.2, 0.25) is 0 Å². The van der Waals surface area contributed by atoms with Crippen LogP contribution < -0.4 is 14.8 Å². The standard InChI is InChI=1S/C27H25FN2O4/c1-16-21(10-17-11-24(33-2)27(32)25(12-17)34-3)20-8-7-18(28)13-22(20)23(16)15-30-26(31)14-19-6-4-5-9-29-19/h4-13,32H,14-15H2,1-3H3,(H,30,31)/b21-10-. The van der Waals surface area contributed by atoms with Crippen molar-refractivity contribution in [2.75, 3.05) is 20.8 Å². The Morgan fingerprint density at radius 2 is 1.82 bits per heavy atom. The molecule has 0 saturated carbocycles. The summed E-state index contributed by atoms with van der Waals surface area (Å²) >= 11 is 0. The van der Waals surface area contributed by atoms with Crippen LogP contribution in [0.4, 0.5) is 4.39 Å². The van der Waals surface area contributed by atoms with E-state index in [2.05, 4.69) is 10.3 Å². The van der Waals surface area contributed by atoms with Gasteiger partial charge in [-0.25, -0.2) is 4.39 Å². The lowest BCUT2D eigenvalue weighted by Gasteiger charge is -2.11. The van der Waals surface area contributed by atoms with Crippen molar-refractivity contribution in [3.05, 3.63) is 88.5 Å². The minimum atomic E-state index is -0.349. The second kappa shape index (κ2) is 9.79. The van der Waals surface area contributed by atoms with E-state index in [0.29, 0.717) is 5.69 Å². The maximum Gasteiger partial charge on any atom is 0.226 e. The van der Waals surface area contributed by atoms with E-state index in [0.717, 1.165) is 33.4 Å². The van der Waals surface area contributed by atoms with Gasteiger partial charge in [0.2, 0.25) is 11.7 Å². The van der Waals surface area contributed by atoms with E-state index in [9.17, 15) is 14.3 Å². The lowest BCUT2D eigenvalue weighted by Crippen LogP contribution is -2.27. The molecule has 2 N–H and O–H groups in total. The Hall–Kier alpha value is -4.13. The molecular weight excluding hydrogens is 435 g/mol. The van der Waals surface area contributed by atoms with Gasteiger partial charge in [0.25, 0.3) is 0 Å². The van der Waals surface area contributed by atoms with Crippen molar-refractivity contribution in [2.24, 2.45) is 0 Å². The van der Waals surface area contributed by atoms with Gasteiger partial charge in [-0.05, 0) is 82.8 Å². The van der Waals surface area contributed by atoms with Crippen LogP contribution >= 0.6 is 0 Å². The average Bonchev–Trinajstić information content (AvgIpc) is 3.09. The van der Waals surface area contributed by atoms with Crippen molar-refractivity contribution < 1.29 is 23.8 Å². The highest BCUT2D eigenvalue weighted by atomic mass is 19.1. The van der Waals surface area contributed by atoms with Gasteiger partial charge in [-0.1, -0.05) is 12.1 Å². The Morgan fingerprint density at radius 1 is 1.09 bits per heavy atom. The smallest absolute Gasteiger partial charge is 0.226 e. The maximum atomic E-state index is 14.1. The molecule has 174 valence electrons. The molecule has 1 aliphatic rings. The number of rotatable bonds is 7. The monoisotopic (exact) mass is 460 g/mol. The van der Waals surface area contributed by atoms with Crippen molar-refractivity contribution in [1.29, 1.82) is 0 Å². The lowest BCUT2D eigenvalue weighted by atomic mass is 10.00. The highest BCUT2D eigenvalue weighted by Crippen LogP contribution is 2.44. The Bertz CT molecular complexity index is 1270. The second-order valence-electron chi connectivity index (χ2n) is 7.90. The molecule has 7 heteroatoms. The third-order valence-corrected chi connectivity index (χ3v) is 5.80. The number of hydrogen-bond acceptors (Lipinski definition) is 5. The van der Waals surface area contributed by atoms with Crippen LogP contribution in [0.25, 0.3) is 17.2 Å². The van der Waals surface area contributed by atoms with E-state index in [4.69, 9.17) is 9.47 Å². The molecule has 1 aliphatic carbocycles. The number of phenols is 1. The number of carbonyl (C=O) groups is 1. The highest BCUT2D eigenvalue weighted by molar-refractivity contribution is 6.06. The van der Waals surface area contributed by atoms with Crippen LogP contribution in [-0.2, 0) is 11.2 Å². The summed E-state index contributed by atoms with van der Waals surface area (Å²) in [6.45, 7) is 2.20. The molecule has 0 spiro atoms. The van der Waals surface area contributed by atoms with Crippen molar-refractivity contribution in [2.45, 2.75) is 13.3 Å². The van der Waals surface area contributed by atoms with Crippen molar-refractivity contribution in [1.82, 2.24) is 10.3 Å². The second-order valence-corrected chi connectivity index (χ2v) is 7.90. The van der Waals surface area contributed by atoms with Gasteiger partial charge in [0.15, 0.2) is 11.5 Å². The third-order valence-electron chi connectivity index (χ3n) is 5.80. The molecule has 0 aliphatic heterocycles. The molecule has 0 atom stereocenters. The summed E-state index contributed by atoms with van der Waals surface area (Å²) in [5, 5.41) is 13.2. The number of nitrogens with one attached hydrogen (secondary N) is 1. The first-order valence-electron chi connectivity index (χ1n) is 10.7. The summed E-state index contributed by atoms with van der Waals surface area (Å²) in [6, 6.07) is 13.5. The minimum absolute atomic E-state index is 0.0791. The molecule has 34 heavy (non-hydrogen) atoms. The number of amides is 1. The number of benzene rings is 2. The van der Waals surface area contributed by atoms with Gasteiger partial charge in [0.05, 0.1) is 20.6 Å². The largest absolute Gasteiger partial charge is 0.502 e. The number of aromatic nitrogens is 1. The Kier molecular flexibility index (Phi) is 6.63. The predicted molar refractivity (Wildman–Crippen MR) is 129 cm³/mol. The summed E-state index contributed by atoms with van der Waals surface area (Å²) in [5.41, 5.74) is 5.67. The number of carbonyl (C=O) groups excluding carboxylic acids is 1.